The number of aromatic nitrogens is 4. The van der Waals surface area contributed by atoms with E-state index in [4.69, 9.17) is 9.72 Å². The number of rotatable bonds is 4. The first-order valence-electron chi connectivity index (χ1n) is 14.9. The second-order valence-electron chi connectivity index (χ2n) is 12.8. The molecule has 0 saturated carbocycles. The molecular weight excluding hydrogens is 668 g/mol. The molecule has 0 aliphatic carbocycles. The molecule has 0 unspecified atom stereocenters. The molecular formula is C34H35BrN6O4S. The first kappa shape index (κ1) is 31.7. The van der Waals surface area contributed by atoms with Gasteiger partial charge < -0.3 is 14.0 Å². The van der Waals surface area contributed by atoms with Gasteiger partial charge in [-0.15, -0.1) is 0 Å². The first-order chi connectivity index (χ1) is 21.8. The van der Waals surface area contributed by atoms with E-state index in [2.05, 4.69) is 51.4 Å². The van der Waals surface area contributed by atoms with Crippen LogP contribution in [-0.4, -0.2) is 51.2 Å². The van der Waals surface area contributed by atoms with Crippen molar-refractivity contribution >= 4 is 43.5 Å². The second kappa shape index (κ2) is 12.1. The lowest BCUT2D eigenvalue weighted by atomic mass is 9.87. The Hall–Kier alpha value is -4.29. The van der Waals surface area contributed by atoms with Gasteiger partial charge in [-0.05, 0) is 83.1 Å². The Bertz CT molecular complexity index is 2050. The molecule has 1 aliphatic heterocycles. The number of carbonyl (C=O) groups is 1. The van der Waals surface area contributed by atoms with Crippen molar-refractivity contribution < 1.29 is 17.9 Å². The Morgan fingerprint density at radius 2 is 1.74 bits per heavy atom. The number of fused-ring (bicyclic) bond motifs is 5. The molecule has 4 heterocycles. The summed E-state index contributed by atoms with van der Waals surface area (Å²) in [4.78, 5) is 29.9. The highest BCUT2D eigenvalue weighted by Crippen LogP contribution is 2.32. The first-order valence-corrected chi connectivity index (χ1v) is 17.2. The Balaban J connectivity index is 1.51. The van der Waals surface area contributed by atoms with E-state index < -0.39 is 16.1 Å². The van der Waals surface area contributed by atoms with Crippen molar-refractivity contribution in [2.45, 2.75) is 58.5 Å². The highest BCUT2D eigenvalue weighted by Gasteiger charge is 2.32. The summed E-state index contributed by atoms with van der Waals surface area (Å²) in [5.41, 5.74) is 4.79. The molecule has 6 rings (SSSR count). The van der Waals surface area contributed by atoms with Crippen LogP contribution < -0.4 is 9.46 Å². The summed E-state index contributed by atoms with van der Waals surface area (Å²) in [7, 11) is -4.16. The lowest BCUT2D eigenvalue weighted by molar-refractivity contribution is 0.0509. The maximum Gasteiger partial charge on any atom is 0.264 e. The zero-order chi connectivity index (χ0) is 32.8. The summed E-state index contributed by atoms with van der Waals surface area (Å²) in [6.07, 6.45) is 4.38. The highest BCUT2D eigenvalue weighted by molar-refractivity contribution is 9.10. The Morgan fingerprint density at radius 1 is 1.00 bits per heavy atom. The number of sulfonamides is 1. The number of nitrogens with one attached hydrogen (secondary N) is 1. The van der Waals surface area contributed by atoms with E-state index in [0.717, 1.165) is 26.8 Å². The van der Waals surface area contributed by atoms with Crippen molar-refractivity contribution in [2.75, 3.05) is 11.3 Å². The second-order valence-corrected chi connectivity index (χ2v) is 15.3. The predicted molar refractivity (Wildman–Crippen MR) is 180 cm³/mol. The molecule has 1 aliphatic rings. The van der Waals surface area contributed by atoms with Gasteiger partial charge in [0.15, 0.2) is 5.65 Å². The van der Waals surface area contributed by atoms with Crippen LogP contribution in [-0.2, 0) is 16.6 Å². The third-order valence-corrected chi connectivity index (χ3v) is 9.79. The van der Waals surface area contributed by atoms with Gasteiger partial charge >= 0.3 is 0 Å². The average molecular weight is 704 g/mol. The van der Waals surface area contributed by atoms with Crippen LogP contribution in [0.4, 0.5) is 5.95 Å². The van der Waals surface area contributed by atoms with Crippen LogP contribution in [0.1, 0.15) is 54.4 Å². The normalized spacial score (nSPS) is 16.6. The largest absolute Gasteiger partial charge is 0.475 e. The number of nitrogens with zero attached hydrogens (tertiary/aromatic N) is 5. The minimum Gasteiger partial charge on any atom is -0.475 e. The van der Waals surface area contributed by atoms with Crippen LogP contribution in [0.3, 0.4) is 0 Å². The van der Waals surface area contributed by atoms with E-state index >= 15 is 0 Å². The monoisotopic (exact) mass is 702 g/mol. The van der Waals surface area contributed by atoms with Gasteiger partial charge in [0.2, 0.25) is 11.8 Å². The Kier molecular flexibility index (Phi) is 8.36. The molecule has 0 radical (unpaired) electrons. The van der Waals surface area contributed by atoms with Crippen LogP contribution in [0.5, 0.6) is 5.88 Å². The van der Waals surface area contributed by atoms with Crippen molar-refractivity contribution in [3.8, 4) is 17.1 Å². The number of anilines is 1. The van der Waals surface area contributed by atoms with Crippen LogP contribution in [0, 0.1) is 19.3 Å². The van der Waals surface area contributed by atoms with Gasteiger partial charge in [0, 0.05) is 29.6 Å². The van der Waals surface area contributed by atoms with Gasteiger partial charge in [-0.1, -0.05) is 45.0 Å². The van der Waals surface area contributed by atoms with Crippen LogP contribution in [0.15, 0.2) is 82.4 Å². The topological polar surface area (TPSA) is 119 Å². The van der Waals surface area contributed by atoms with Crippen molar-refractivity contribution in [3.63, 3.8) is 0 Å². The van der Waals surface area contributed by atoms with E-state index in [-0.39, 0.29) is 46.8 Å². The van der Waals surface area contributed by atoms with Crippen molar-refractivity contribution in [1.29, 1.82) is 0 Å². The molecule has 12 heteroatoms. The summed E-state index contributed by atoms with van der Waals surface area (Å²) in [6.45, 7) is 10.6. The average Bonchev–Trinajstić information content (AvgIpc) is 3.41. The van der Waals surface area contributed by atoms with Gasteiger partial charge in [0.25, 0.3) is 15.9 Å². The number of imidazole rings is 1. The minimum absolute atomic E-state index is 0.0786. The zero-order valence-electron chi connectivity index (χ0n) is 26.3. The molecule has 1 atom stereocenters. The molecule has 2 aromatic carbocycles. The third-order valence-electron chi connectivity index (χ3n) is 7.85. The Morgan fingerprint density at radius 3 is 2.46 bits per heavy atom. The summed E-state index contributed by atoms with van der Waals surface area (Å²) in [5.74, 6) is -0.260. The summed E-state index contributed by atoms with van der Waals surface area (Å²) < 4.78 is 38.9. The number of benzene rings is 2. The van der Waals surface area contributed by atoms with Crippen LogP contribution in [0.2, 0.25) is 0 Å². The fourth-order valence-electron chi connectivity index (χ4n) is 5.83. The van der Waals surface area contributed by atoms with Crippen molar-refractivity contribution in [1.82, 2.24) is 24.3 Å². The molecule has 1 N–H and O–H groups in total. The van der Waals surface area contributed by atoms with E-state index in [1.54, 1.807) is 23.1 Å². The molecule has 0 spiro atoms. The summed E-state index contributed by atoms with van der Waals surface area (Å²) in [6, 6.07) is 17.1. The fraction of sp³-hybridized carbons (Fsp3) is 0.294. The van der Waals surface area contributed by atoms with Gasteiger partial charge in [0.05, 0.1) is 33.3 Å². The van der Waals surface area contributed by atoms with Gasteiger partial charge in [-0.25, -0.2) is 23.1 Å². The van der Waals surface area contributed by atoms with Crippen molar-refractivity contribution in [2.24, 2.45) is 5.41 Å². The van der Waals surface area contributed by atoms with E-state index in [9.17, 15) is 13.2 Å². The molecule has 46 heavy (non-hydrogen) atoms. The van der Waals surface area contributed by atoms with Crippen LogP contribution in [0.25, 0.3) is 16.9 Å². The maximum atomic E-state index is 14.4. The van der Waals surface area contributed by atoms with Gasteiger partial charge in [0.1, 0.15) is 6.61 Å². The molecule has 10 nitrogen and oxygen atoms in total. The maximum absolute atomic E-state index is 14.4. The molecule has 0 fully saturated rings. The molecule has 4 bridgehead atoms. The highest BCUT2D eigenvalue weighted by atomic mass is 79.9. The molecule has 1 amide bonds. The lowest BCUT2D eigenvalue weighted by Crippen LogP contribution is -2.45. The molecule has 3 aromatic heterocycles. The van der Waals surface area contributed by atoms with Crippen LogP contribution >= 0.6 is 15.9 Å². The quantitative estimate of drug-likeness (QED) is 0.219. The Labute approximate surface area is 277 Å². The number of hydrogen-bond acceptors (Lipinski definition) is 7. The lowest BCUT2D eigenvalue weighted by Gasteiger charge is -2.35. The SMILES string of the molecule is Cc1cccc(C)c1-c1cc2nc(n1)NS(=O)(=O)c1cccc(c1)C(=O)N(Cc1cn3cccc(Br)c3n1)[C@H](CC(C)(C)C)CO2. The number of amides is 1. The smallest absolute Gasteiger partial charge is 0.264 e. The zero-order valence-corrected chi connectivity index (χ0v) is 28.7. The van der Waals surface area contributed by atoms with Gasteiger partial charge in [-0.2, -0.15) is 4.98 Å². The summed E-state index contributed by atoms with van der Waals surface area (Å²) >= 11 is 3.57. The van der Waals surface area contributed by atoms with Crippen molar-refractivity contribution in [3.05, 3.63) is 99.9 Å². The number of ether oxygens (including phenoxy) is 1. The van der Waals surface area contributed by atoms with E-state index in [1.807, 2.05) is 61.0 Å². The summed E-state index contributed by atoms with van der Waals surface area (Å²) in [5, 5.41) is 0. The standard InChI is InChI=1S/C34H35BrN6O4S/c1-21-9-6-10-22(2)30(21)28-16-29-38-33(37-28)39-46(43,44)26-12-7-11-23(15-26)32(42)41(25(20-45-29)17-34(3,4)5)19-24-18-40-14-8-13-27(35)31(40)36-24/h6-16,18,25H,17,19-20H2,1-5H3,(H,37,38,39)/t25-/m1/s1. The number of pyridine rings is 1. The number of halogens is 1. The minimum atomic E-state index is -4.16. The van der Waals surface area contributed by atoms with Gasteiger partial charge in [-0.3, -0.25) is 4.79 Å². The third kappa shape index (κ3) is 6.63. The molecule has 238 valence electrons. The molecule has 0 saturated heterocycles. The number of carbonyl (C=O) groups excluding carboxylic acids is 1. The number of hydrogen-bond donors (Lipinski definition) is 1. The fourth-order valence-corrected chi connectivity index (χ4v) is 7.26. The predicted octanol–water partition coefficient (Wildman–Crippen LogP) is 6.81. The molecule has 5 aromatic rings. The van der Waals surface area contributed by atoms with E-state index in [1.165, 1.54) is 12.1 Å². The number of aryl methyl sites for hydroxylation is 2. The van der Waals surface area contributed by atoms with E-state index in [0.29, 0.717) is 17.8 Å².